The van der Waals surface area contributed by atoms with Gasteiger partial charge < -0.3 is 15.6 Å². The lowest BCUT2D eigenvalue weighted by molar-refractivity contribution is 0.0291. The maximum absolute atomic E-state index is 11.6. The highest BCUT2D eigenvalue weighted by Gasteiger charge is 2.13. The normalized spacial score (nSPS) is 12.1. The molecule has 154 valence electrons. The van der Waals surface area contributed by atoms with E-state index in [0.717, 1.165) is 6.07 Å². The predicted octanol–water partition coefficient (Wildman–Crippen LogP) is 6.55. The Morgan fingerprint density at radius 2 is 1.13 bits per heavy atom. The molecule has 0 fully saturated rings. The molecule has 2 N–H and O–H groups in total. The highest BCUT2D eigenvalue weighted by Crippen LogP contribution is 2.35. The van der Waals surface area contributed by atoms with Gasteiger partial charge in [0, 0.05) is 21.3 Å². The van der Waals surface area contributed by atoms with Crippen molar-refractivity contribution in [2.45, 2.75) is 0 Å². The van der Waals surface area contributed by atoms with Crippen LogP contribution in [0.3, 0.4) is 0 Å². The number of benzene rings is 3. The van der Waals surface area contributed by atoms with Crippen LogP contribution in [0, 0.1) is 10.4 Å². The second-order valence-corrected chi connectivity index (χ2v) is 7.05. The fraction of sp³-hybridized carbons (Fsp3) is 0. The highest BCUT2D eigenvalue weighted by atomic mass is 35.5. The van der Waals surface area contributed by atoms with E-state index in [1.807, 2.05) is 12.1 Å². The van der Waals surface area contributed by atoms with E-state index in [-0.39, 0.29) is 27.7 Å². The summed E-state index contributed by atoms with van der Waals surface area (Å²) >= 11 is 12.7. The lowest BCUT2D eigenvalue weighted by Crippen LogP contribution is -2.14. The second kappa shape index (κ2) is 9.77. The van der Waals surface area contributed by atoms with Crippen molar-refractivity contribution in [3.05, 3.63) is 105 Å². The summed E-state index contributed by atoms with van der Waals surface area (Å²) < 4.78 is 0. The smallest absolute Gasteiger partial charge is 0.104 e. The summed E-state index contributed by atoms with van der Waals surface area (Å²) in [6.45, 7) is 0. The zero-order valence-electron chi connectivity index (χ0n) is 15.4. The van der Waals surface area contributed by atoms with Crippen LogP contribution in [-0.4, -0.2) is 10.4 Å². The van der Waals surface area contributed by atoms with Crippen molar-refractivity contribution in [2.24, 2.45) is 0 Å². The Bertz CT molecular complexity index is 987. The van der Waals surface area contributed by atoms with Crippen LogP contribution in [-0.2, 0) is 0 Å². The molecule has 3 aromatic rings. The van der Waals surface area contributed by atoms with E-state index in [1.54, 1.807) is 48.5 Å². The van der Waals surface area contributed by atoms with Gasteiger partial charge in [-0.05, 0) is 41.0 Å². The molecule has 0 bridgehead atoms. The van der Waals surface area contributed by atoms with Crippen LogP contribution in [0.1, 0.15) is 22.3 Å². The third kappa shape index (κ3) is 5.20. The Labute approximate surface area is 183 Å². The molecule has 3 rings (SSSR count). The Kier molecular flexibility index (Phi) is 7.12. The summed E-state index contributed by atoms with van der Waals surface area (Å²) in [5.41, 5.74) is 1.27. The summed E-state index contributed by atoms with van der Waals surface area (Å²) in [7, 11) is 0. The molecular weight excluding hydrogens is 427 g/mol. The van der Waals surface area contributed by atoms with Crippen molar-refractivity contribution in [3.8, 4) is 0 Å². The molecule has 0 saturated heterocycles. The molecule has 30 heavy (non-hydrogen) atoms. The standard InChI is InChI=1S/C22H16Cl2N2O4/c23-19(15-7-3-1-4-8-15)12-17-11-18(13-20(24)16-9-5-2-6-10-16)22(26(29)30)14-21(17)25(27)28/h1-14,27-28H/q-2. The van der Waals surface area contributed by atoms with Crippen LogP contribution < -0.4 is 10.5 Å². The molecule has 0 aromatic heterocycles. The van der Waals surface area contributed by atoms with Crippen molar-refractivity contribution < 1.29 is 10.4 Å². The number of halogens is 2. The van der Waals surface area contributed by atoms with E-state index in [1.165, 1.54) is 18.2 Å². The monoisotopic (exact) mass is 442 g/mol. The second-order valence-electron chi connectivity index (χ2n) is 6.23. The third-order valence-corrected chi connectivity index (χ3v) is 4.91. The first-order valence-electron chi connectivity index (χ1n) is 8.72. The molecule has 0 atom stereocenters. The topological polar surface area (TPSA) is 93.1 Å². The van der Waals surface area contributed by atoms with E-state index in [4.69, 9.17) is 23.2 Å². The predicted molar refractivity (Wildman–Crippen MR) is 122 cm³/mol. The number of hydrogen-bond donors (Lipinski definition) is 2. The maximum Gasteiger partial charge on any atom is 0.104 e. The number of rotatable bonds is 6. The van der Waals surface area contributed by atoms with Crippen LogP contribution in [0.25, 0.3) is 22.2 Å². The van der Waals surface area contributed by atoms with Gasteiger partial charge in [0.05, 0.1) is 0 Å². The molecule has 0 radical (unpaired) electrons. The van der Waals surface area contributed by atoms with Gasteiger partial charge in [-0.1, -0.05) is 83.9 Å². The van der Waals surface area contributed by atoms with Gasteiger partial charge in [0.15, 0.2) is 0 Å². The number of anilines is 2. The quantitative estimate of drug-likeness (QED) is 0.332. The van der Waals surface area contributed by atoms with Gasteiger partial charge in [0.1, 0.15) is 5.69 Å². The molecule has 3 aromatic carbocycles. The van der Waals surface area contributed by atoms with Crippen molar-refractivity contribution >= 4 is 56.8 Å². The lowest BCUT2D eigenvalue weighted by Gasteiger charge is -2.39. The van der Waals surface area contributed by atoms with E-state index in [0.29, 0.717) is 21.2 Å². The Balaban J connectivity index is 2.16. The molecular formula is C22H16Cl2N2O4-2. The summed E-state index contributed by atoms with van der Waals surface area (Å²) in [6, 6.07) is 20.5. The first-order valence-corrected chi connectivity index (χ1v) is 9.48. The molecule has 0 amide bonds. The summed E-state index contributed by atoms with van der Waals surface area (Å²) in [4.78, 5) is 0. The van der Waals surface area contributed by atoms with Crippen molar-refractivity contribution in [2.75, 3.05) is 10.5 Å². The molecule has 0 heterocycles. The minimum Gasteiger partial charge on any atom is -0.769 e. The van der Waals surface area contributed by atoms with Gasteiger partial charge in [0.2, 0.25) is 0 Å². The fourth-order valence-corrected chi connectivity index (χ4v) is 3.30. The van der Waals surface area contributed by atoms with E-state index >= 15 is 0 Å². The minimum absolute atomic E-state index is 0.180. The summed E-state index contributed by atoms with van der Waals surface area (Å²) in [5, 5.41) is 42.2. The van der Waals surface area contributed by atoms with Crippen LogP contribution in [0.4, 0.5) is 11.4 Å². The first-order chi connectivity index (χ1) is 14.4. The molecule has 6 nitrogen and oxygen atoms in total. The van der Waals surface area contributed by atoms with Gasteiger partial charge in [-0.2, -0.15) is 0 Å². The van der Waals surface area contributed by atoms with Crippen LogP contribution in [0.15, 0.2) is 72.8 Å². The number of hydrogen-bond acceptors (Lipinski definition) is 6. The Hall–Kier alpha value is -2.84. The van der Waals surface area contributed by atoms with Crippen molar-refractivity contribution in [1.82, 2.24) is 0 Å². The minimum atomic E-state index is -0.625. The first kappa shape index (κ1) is 21.9. The summed E-state index contributed by atoms with van der Waals surface area (Å²) in [5.74, 6) is 0. The van der Waals surface area contributed by atoms with Gasteiger partial charge in [0.25, 0.3) is 0 Å². The van der Waals surface area contributed by atoms with E-state index < -0.39 is 5.23 Å². The summed E-state index contributed by atoms with van der Waals surface area (Å²) in [6.07, 6.45) is 2.94. The van der Waals surface area contributed by atoms with Gasteiger partial charge in [-0.3, -0.25) is 10.4 Å². The van der Waals surface area contributed by atoms with Gasteiger partial charge in [-0.15, -0.1) is 5.23 Å². The van der Waals surface area contributed by atoms with Crippen LogP contribution in [0.2, 0.25) is 0 Å². The Morgan fingerprint density at radius 1 is 0.700 bits per heavy atom. The van der Waals surface area contributed by atoms with Crippen LogP contribution >= 0.6 is 23.2 Å². The molecule has 0 spiro atoms. The third-order valence-electron chi connectivity index (χ3n) is 4.25. The SMILES string of the molecule is [O-]N([O-])c1cc(N(O)O)c(C=C(Cl)c2ccccc2)cc1C=C(Cl)c1ccccc1. The van der Waals surface area contributed by atoms with E-state index in [9.17, 15) is 20.8 Å². The Morgan fingerprint density at radius 3 is 1.53 bits per heavy atom. The molecule has 0 aliphatic rings. The number of nitrogens with zero attached hydrogens (tertiary/aromatic N) is 2. The van der Waals surface area contributed by atoms with Gasteiger partial charge in [-0.25, -0.2) is 0 Å². The van der Waals surface area contributed by atoms with Crippen molar-refractivity contribution in [3.63, 3.8) is 0 Å². The fourth-order valence-electron chi connectivity index (χ4n) is 2.81. The average molecular weight is 443 g/mol. The zero-order valence-corrected chi connectivity index (χ0v) is 17.0. The van der Waals surface area contributed by atoms with E-state index in [2.05, 4.69) is 0 Å². The molecule has 0 aliphatic heterocycles. The zero-order chi connectivity index (χ0) is 21.7. The molecule has 8 heteroatoms. The van der Waals surface area contributed by atoms with Crippen molar-refractivity contribution in [1.29, 1.82) is 0 Å². The largest absolute Gasteiger partial charge is 0.769 e. The highest BCUT2D eigenvalue weighted by molar-refractivity contribution is 6.52. The average Bonchev–Trinajstić information content (AvgIpc) is 2.74. The van der Waals surface area contributed by atoms with Gasteiger partial charge >= 0.3 is 0 Å². The molecule has 0 saturated carbocycles. The molecule has 0 unspecified atom stereocenters. The maximum atomic E-state index is 11.6. The lowest BCUT2D eigenvalue weighted by atomic mass is 10.0. The molecule has 0 aliphatic carbocycles. The van der Waals surface area contributed by atoms with Crippen LogP contribution in [0.5, 0.6) is 0 Å².